The third kappa shape index (κ3) is 6.39. The number of hydrogen-bond donors (Lipinski definition) is 1. The lowest BCUT2D eigenvalue weighted by Gasteiger charge is -2.41. The lowest BCUT2D eigenvalue weighted by atomic mass is 10.0. The lowest BCUT2D eigenvalue weighted by Crippen LogP contribution is -2.49. The maximum atomic E-state index is 12.9. The van der Waals surface area contributed by atoms with Gasteiger partial charge in [-0.05, 0) is 78.2 Å². The van der Waals surface area contributed by atoms with Crippen LogP contribution in [0.3, 0.4) is 0 Å². The number of amides is 1. The number of anilines is 2. The minimum absolute atomic E-state index is 0.200. The zero-order chi connectivity index (χ0) is 27.6. The smallest absolute Gasteiger partial charge is 0.406 e. The molecule has 0 bridgehead atoms. The second kappa shape index (κ2) is 11.6. The molecule has 8 nitrogen and oxygen atoms in total. The summed E-state index contributed by atoms with van der Waals surface area (Å²) < 4.78 is 51.7. The van der Waals surface area contributed by atoms with Gasteiger partial charge in [0.2, 0.25) is 0 Å². The Kier molecular flexibility index (Phi) is 8.15. The number of morpholine rings is 1. The Bertz CT molecular complexity index is 1300. The first-order valence-electron chi connectivity index (χ1n) is 12.8. The number of rotatable bonds is 5. The van der Waals surface area contributed by atoms with E-state index in [-0.39, 0.29) is 5.75 Å². The molecular weight excluding hydrogens is 579 g/mol. The fraction of sp³-hybridized carbons (Fsp3) is 0.407. The van der Waals surface area contributed by atoms with Crippen LogP contribution < -0.4 is 15.0 Å². The van der Waals surface area contributed by atoms with Gasteiger partial charge >= 0.3 is 12.3 Å². The van der Waals surface area contributed by atoms with Crippen LogP contribution in [0.4, 0.5) is 29.3 Å². The number of aromatic nitrogens is 2. The van der Waals surface area contributed by atoms with Crippen LogP contribution in [0.15, 0.2) is 53.1 Å². The number of carbonyl (C=O) groups excluding carboxylic acids is 1. The molecule has 39 heavy (non-hydrogen) atoms. The highest BCUT2D eigenvalue weighted by Gasteiger charge is 2.30. The second-order valence-corrected chi connectivity index (χ2v) is 10.5. The van der Waals surface area contributed by atoms with Gasteiger partial charge in [-0.3, -0.25) is 10.2 Å². The molecule has 2 saturated heterocycles. The van der Waals surface area contributed by atoms with E-state index in [9.17, 15) is 18.0 Å². The second-order valence-electron chi connectivity index (χ2n) is 9.60. The SMILES string of the molecule is Cc1c(OC(=O)Nc2ccc(N3CCC(N4CCOCC4)CC3)c(Br)c2)cnn1-c1ccc(C(F)(F)F)cc1. The lowest BCUT2D eigenvalue weighted by molar-refractivity contribution is -0.137. The molecule has 2 aliphatic heterocycles. The van der Waals surface area contributed by atoms with Gasteiger partial charge in [-0.25, -0.2) is 9.48 Å². The van der Waals surface area contributed by atoms with E-state index in [0.29, 0.717) is 23.1 Å². The molecule has 208 valence electrons. The molecule has 0 unspecified atom stereocenters. The van der Waals surface area contributed by atoms with Gasteiger partial charge in [0.05, 0.1) is 42.0 Å². The Morgan fingerprint density at radius 2 is 1.77 bits per heavy atom. The van der Waals surface area contributed by atoms with E-state index in [1.807, 2.05) is 18.2 Å². The molecule has 12 heteroatoms. The number of carbonyl (C=O) groups is 1. The summed E-state index contributed by atoms with van der Waals surface area (Å²) in [4.78, 5) is 17.5. The highest BCUT2D eigenvalue weighted by atomic mass is 79.9. The maximum absolute atomic E-state index is 12.9. The Morgan fingerprint density at radius 1 is 1.08 bits per heavy atom. The third-order valence-corrected chi connectivity index (χ3v) is 7.80. The Labute approximate surface area is 232 Å². The number of piperidine rings is 1. The number of nitrogens with one attached hydrogen (secondary N) is 1. The fourth-order valence-electron chi connectivity index (χ4n) is 5.05. The van der Waals surface area contributed by atoms with E-state index in [4.69, 9.17) is 9.47 Å². The van der Waals surface area contributed by atoms with Gasteiger partial charge in [-0.2, -0.15) is 18.3 Å². The van der Waals surface area contributed by atoms with E-state index in [2.05, 4.69) is 36.1 Å². The van der Waals surface area contributed by atoms with Crippen LogP contribution in [0.5, 0.6) is 5.75 Å². The van der Waals surface area contributed by atoms with Crippen LogP contribution >= 0.6 is 15.9 Å². The van der Waals surface area contributed by atoms with Crippen LogP contribution in [-0.4, -0.2) is 66.2 Å². The van der Waals surface area contributed by atoms with Crippen LogP contribution in [0.25, 0.3) is 5.69 Å². The predicted octanol–water partition coefficient (Wildman–Crippen LogP) is 5.87. The Morgan fingerprint density at radius 3 is 2.41 bits per heavy atom. The summed E-state index contributed by atoms with van der Waals surface area (Å²) in [5.41, 5.74) is 1.78. The van der Waals surface area contributed by atoms with Crippen LogP contribution in [0.2, 0.25) is 0 Å². The molecule has 0 spiro atoms. The van der Waals surface area contributed by atoms with Crippen molar-refractivity contribution in [1.82, 2.24) is 14.7 Å². The number of nitrogens with zero attached hydrogens (tertiary/aromatic N) is 4. The quantitative estimate of drug-likeness (QED) is 0.391. The summed E-state index contributed by atoms with van der Waals surface area (Å²) in [6.07, 6.45) is -1.57. The molecule has 1 aromatic heterocycles. The van der Waals surface area contributed by atoms with Crippen molar-refractivity contribution in [1.29, 1.82) is 0 Å². The van der Waals surface area contributed by atoms with Crippen LogP contribution in [0, 0.1) is 6.92 Å². The predicted molar refractivity (Wildman–Crippen MR) is 145 cm³/mol. The highest BCUT2D eigenvalue weighted by molar-refractivity contribution is 9.10. The normalized spacial score (nSPS) is 17.3. The summed E-state index contributed by atoms with van der Waals surface area (Å²) in [6, 6.07) is 10.8. The van der Waals surface area contributed by atoms with Gasteiger partial charge in [-0.1, -0.05) is 0 Å². The van der Waals surface area contributed by atoms with Crippen molar-refractivity contribution >= 4 is 33.4 Å². The molecule has 2 fully saturated rings. The monoisotopic (exact) mass is 607 g/mol. The summed E-state index contributed by atoms with van der Waals surface area (Å²) >= 11 is 3.64. The zero-order valence-electron chi connectivity index (χ0n) is 21.4. The first-order chi connectivity index (χ1) is 18.7. The molecule has 2 aliphatic rings. The van der Waals surface area contributed by atoms with E-state index in [1.165, 1.54) is 23.0 Å². The van der Waals surface area contributed by atoms with Crippen LogP contribution in [0.1, 0.15) is 24.1 Å². The van der Waals surface area contributed by atoms with E-state index in [1.54, 1.807) is 6.92 Å². The number of halogens is 4. The first-order valence-corrected chi connectivity index (χ1v) is 13.6. The molecule has 3 aromatic rings. The minimum atomic E-state index is -4.42. The molecule has 2 aromatic carbocycles. The minimum Gasteiger partial charge on any atom is -0.406 e. The maximum Gasteiger partial charge on any atom is 0.417 e. The number of ether oxygens (including phenoxy) is 2. The van der Waals surface area contributed by atoms with Gasteiger partial charge in [0, 0.05) is 42.4 Å². The average Bonchev–Trinajstić information content (AvgIpc) is 3.28. The standard InChI is InChI=1S/C27H29BrF3N5O3/c1-18-25(17-32-36(18)22-5-2-19(3-6-22)27(29,30)31)39-26(37)33-20-4-7-24(23(28)16-20)35-10-8-21(9-11-35)34-12-14-38-15-13-34/h2-7,16-17,21H,8-15H2,1H3,(H,33,37). The number of hydrogen-bond acceptors (Lipinski definition) is 6. The molecule has 3 heterocycles. The molecular formula is C27H29BrF3N5O3. The number of benzene rings is 2. The Balaban J connectivity index is 1.17. The summed E-state index contributed by atoms with van der Waals surface area (Å²) in [7, 11) is 0. The first kappa shape index (κ1) is 27.5. The topological polar surface area (TPSA) is 71.9 Å². The highest BCUT2D eigenvalue weighted by Crippen LogP contribution is 2.33. The zero-order valence-corrected chi connectivity index (χ0v) is 23.0. The van der Waals surface area contributed by atoms with Crippen molar-refractivity contribution in [3.05, 3.63) is 64.4 Å². The van der Waals surface area contributed by atoms with Gasteiger partial charge in [0.25, 0.3) is 0 Å². The van der Waals surface area contributed by atoms with Crippen molar-refractivity contribution in [2.45, 2.75) is 32.0 Å². The van der Waals surface area contributed by atoms with Crippen molar-refractivity contribution in [2.75, 3.05) is 49.6 Å². The van der Waals surface area contributed by atoms with E-state index < -0.39 is 17.8 Å². The summed E-state index contributed by atoms with van der Waals surface area (Å²) in [5.74, 6) is 0.200. The van der Waals surface area contributed by atoms with Crippen molar-refractivity contribution in [3.63, 3.8) is 0 Å². The van der Waals surface area contributed by atoms with Crippen molar-refractivity contribution in [2.24, 2.45) is 0 Å². The Hall–Kier alpha value is -3.09. The largest absolute Gasteiger partial charge is 0.417 e. The van der Waals surface area contributed by atoms with E-state index >= 15 is 0 Å². The summed E-state index contributed by atoms with van der Waals surface area (Å²) in [6.45, 7) is 7.20. The molecule has 1 amide bonds. The van der Waals surface area contributed by atoms with Crippen LogP contribution in [-0.2, 0) is 10.9 Å². The molecule has 1 N–H and O–H groups in total. The third-order valence-electron chi connectivity index (χ3n) is 7.17. The van der Waals surface area contributed by atoms with Crippen molar-refractivity contribution in [3.8, 4) is 11.4 Å². The molecule has 5 rings (SSSR count). The molecule has 0 atom stereocenters. The van der Waals surface area contributed by atoms with E-state index in [0.717, 1.165) is 74.5 Å². The molecule has 0 saturated carbocycles. The number of alkyl halides is 3. The van der Waals surface area contributed by atoms with Gasteiger partial charge in [0.15, 0.2) is 5.75 Å². The van der Waals surface area contributed by atoms with Gasteiger partial charge < -0.3 is 14.4 Å². The summed E-state index contributed by atoms with van der Waals surface area (Å²) in [5, 5.41) is 6.88. The molecule has 0 radical (unpaired) electrons. The molecule has 0 aliphatic carbocycles. The average molecular weight is 608 g/mol. The fourth-order valence-corrected chi connectivity index (χ4v) is 5.68. The van der Waals surface area contributed by atoms with Crippen molar-refractivity contribution < 1.29 is 27.4 Å². The van der Waals surface area contributed by atoms with Gasteiger partial charge in [-0.15, -0.1) is 0 Å². The van der Waals surface area contributed by atoms with Gasteiger partial charge in [0.1, 0.15) is 0 Å².